The number of halogens is 3. The van der Waals surface area contributed by atoms with Crippen LogP contribution in [-0.4, -0.2) is 119 Å². The molecule has 4 aromatic heterocycles. The van der Waals surface area contributed by atoms with Crippen molar-refractivity contribution in [2.24, 2.45) is 16.7 Å². The Kier molecular flexibility index (Phi) is 10.8. The van der Waals surface area contributed by atoms with Gasteiger partial charge in [-0.15, -0.1) is 0 Å². The Labute approximate surface area is 353 Å². The average molecular weight is 854 g/mol. The third-order valence-electron chi connectivity index (χ3n) is 12.0. The molecule has 5 atom stereocenters. The molecule has 1 unspecified atom stereocenters. The lowest BCUT2D eigenvalue weighted by Crippen LogP contribution is -2.65. The second-order valence-corrected chi connectivity index (χ2v) is 15.7. The number of hydrogen-bond donors (Lipinski definition) is 2. The lowest BCUT2D eigenvalue weighted by Gasteiger charge is -2.56. The SMILES string of the molecule is CCO[C@H]1CN(C)C(=O)[C@H](CC)N(c2nc(N3[C@@H]4CC(N(N)/N=C\N)C[C@H]3C4)nc3c2cnn3-c2ccc(F)cc2F)COc2nccc(n2)-c2cc(F)cc3nc(C)n(c23)C1. The van der Waals surface area contributed by atoms with E-state index in [-0.39, 0.29) is 60.5 Å². The molecule has 4 bridgehead atoms. The summed E-state index contributed by atoms with van der Waals surface area (Å²) >= 11 is 0. The third-order valence-corrected chi connectivity index (χ3v) is 12.0. The van der Waals surface area contributed by atoms with Crippen molar-refractivity contribution in [1.82, 2.24) is 49.3 Å². The number of carbonyl (C=O) groups excluding carboxylic acids is 1. The lowest BCUT2D eigenvalue weighted by atomic mass is 9.77. The second kappa shape index (κ2) is 16.3. The zero-order valence-corrected chi connectivity index (χ0v) is 34.6. The highest BCUT2D eigenvalue weighted by atomic mass is 19.1. The smallest absolute Gasteiger partial charge is 0.318 e. The number of benzene rings is 2. The van der Waals surface area contributed by atoms with Crippen LogP contribution in [0.2, 0.25) is 0 Å². The van der Waals surface area contributed by atoms with Crippen LogP contribution in [0.3, 0.4) is 0 Å². The largest absolute Gasteiger partial charge is 0.442 e. The molecule has 2 saturated heterocycles. The van der Waals surface area contributed by atoms with Crippen LogP contribution in [0, 0.1) is 24.4 Å². The van der Waals surface area contributed by atoms with Gasteiger partial charge >= 0.3 is 6.01 Å². The van der Waals surface area contributed by atoms with Crippen molar-refractivity contribution in [1.29, 1.82) is 0 Å². The van der Waals surface area contributed by atoms with Crippen molar-refractivity contribution >= 4 is 46.1 Å². The van der Waals surface area contributed by atoms with Gasteiger partial charge < -0.3 is 34.5 Å². The van der Waals surface area contributed by atoms with E-state index in [0.29, 0.717) is 71.9 Å². The van der Waals surface area contributed by atoms with E-state index in [2.05, 4.69) is 25.1 Å². The van der Waals surface area contributed by atoms with E-state index >= 15 is 8.78 Å². The van der Waals surface area contributed by atoms with Gasteiger partial charge in [0.15, 0.2) is 18.2 Å². The molecule has 6 aromatic rings. The van der Waals surface area contributed by atoms with Gasteiger partial charge in [-0.3, -0.25) is 4.79 Å². The van der Waals surface area contributed by atoms with Gasteiger partial charge in [-0.25, -0.2) is 38.8 Å². The number of imidazole rings is 1. The summed E-state index contributed by atoms with van der Waals surface area (Å²) in [5.41, 5.74) is 7.67. The average Bonchev–Trinajstić information content (AvgIpc) is 3.81. The number of aryl methyl sites for hydroxylation is 1. The molecule has 2 aromatic carbocycles. The number of fused-ring (bicyclic) bond motifs is 6. The highest BCUT2D eigenvalue weighted by molar-refractivity contribution is 5.94. The Bertz CT molecular complexity index is 2680. The molecule has 3 aliphatic heterocycles. The normalized spacial score (nSPS) is 21.9. The molecule has 18 nitrogen and oxygen atoms in total. The van der Waals surface area contributed by atoms with Crippen molar-refractivity contribution in [2.45, 2.75) is 83.3 Å². The predicted octanol–water partition coefficient (Wildman–Crippen LogP) is 4.03. The quantitative estimate of drug-likeness (QED) is 0.0963. The number of piperidine rings is 1. The van der Waals surface area contributed by atoms with Crippen LogP contribution in [0.5, 0.6) is 6.01 Å². The molecule has 0 spiro atoms. The van der Waals surface area contributed by atoms with Crippen LogP contribution >= 0.6 is 0 Å². The molecular formula is C41H46F3N15O3. The third kappa shape index (κ3) is 7.23. The number of nitrogens with two attached hydrogens (primary N) is 2. The molecule has 2 fully saturated rings. The van der Waals surface area contributed by atoms with Gasteiger partial charge in [0, 0.05) is 56.2 Å². The van der Waals surface area contributed by atoms with E-state index in [1.807, 2.05) is 25.3 Å². The summed E-state index contributed by atoms with van der Waals surface area (Å²) in [7, 11) is 1.71. The molecule has 0 aliphatic carbocycles. The van der Waals surface area contributed by atoms with Gasteiger partial charge in [0.25, 0.3) is 0 Å². The summed E-state index contributed by atoms with van der Waals surface area (Å²) in [6.45, 7) is 6.18. The van der Waals surface area contributed by atoms with E-state index in [4.69, 9.17) is 36.0 Å². The van der Waals surface area contributed by atoms with E-state index in [0.717, 1.165) is 24.9 Å². The highest BCUT2D eigenvalue weighted by Crippen LogP contribution is 2.43. The molecule has 21 heteroatoms. The van der Waals surface area contributed by atoms with Crippen molar-refractivity contribution in [2.75, 3.05) is 36.7 Å². The van der Waals surface area contributed by atoms with Gasteiger partial charge in [0.1, 0.15) is 41.3 Å². The summed E-state index contributed by atoms with van der Waals surface area (Å²) in [4.78, 5) is 44.3. The molecule has 4 N–H and O–H groups in total. The number of carbonyl (C=O) groups is 1. The minimum atomic E-state index is -0.888. The van der Waals surface area contributed by atoms with Gasteiger partial charge in [-0.2, -0.15) is 25.2 Å². The van der Waals surface area contributed by atoms with E-state index in [1.54, 1.807) is 22.9 Å². The van der Waals surface area contributed by atoms with Gasteiger partial charge in [0.05, 0.1) is 47.0 Å². The van der Waals surface area contributed by atoms with Crippen molar-refractivity contribution in [3.05, 3.63) is 72.1 Å². The van der Waals surface area contributed by atoms with Crippen LogP contribution in [0.25, 0.3) is 39.0 Å². The van der Waals surface area contributed by atoms with E-state index in [1.165, 1.54) is 40.4 Å². The maximum absolute atomic E-state index is 15.5. The fourth-order valence-corrected chi connectivity index (χ4v) is 9.14. The maximum Gasteiger partial charge on any atom is 0.318 e. The second-order valence-electron chi connectivity index (χ2n) is 15.7. The first-order chi connectivity index (χ1) is 30.0. The molecule has 7 heterocycles. The first-order valence-electron chi connectivity index (χ1n) is 20.5. The summed E-state index contributed by atoms with van der Waals surface area (Å²) < 4.78 is 60.8. The molecule has 0 saturated carbocycles. The number of hydrazone groups is 1. The Morgan fingerprint density at radius 1 is 1.02 bits per heavy atom. The van der Waals surface area contributed by atoms with Gasteiger partial charge in [0.2, 0.25) is 11.9 Å². The summed E-state index contributed by atoms with van der Waals surface area (Å²) in [6.07, 6.45) is 6.07. The molecule has 3 aliphatic rings. The number of nitrogens with zero attached hydrogens (tertiary/aromatic N) is 13. The Morgan fingerprint density at radius 3 is 2.56 bits per heavy atom. The van der Waals surface area contributed by atoms with Crippen molar-refractivity contribution in [3.63, 3.8) is 0 Å². The number of aromatic nitrogens is 8. The van der Waals surface area contributed by atoms with Crippen LogP contribution in [0.1, 0.15) is 45.4 Å². The van der Waals surface area contributed by atoms with Gasteiger partial charge in [-0.1, -0.05) is 6.92 Å². The Balaban J connectivity index is 1.20. The number of hydrogen-bond acceptors (Lipinski definition) is 14. The topological polar surface area (TPSA) is 200 Å². The fraction of sp³-hybridized carbons (Fsp3) is 0.415. The molecule has 324 valence electrons. The Morgan fingerprint density at radius 2 is 1.82 bits per heavy atom. The number of amides is 1. The molecular weight excluding hydrogens is 808 g/mol. The van der Waals surface area contributed by atoms with Crippen molar-refractivity contribution in [3.8, 4) is 23.0 Å². The van der Waals surface area contributed by atoms with Crippen LogP contribution < -0.4 is 26.1 Å². The first-order valence-corrected chi connectivity index (χ1v) is 20.5. The van der Waals surface area contributed by atoms with Crippen molar-refractivity contribution < 1.29 is 27.4 Å². The van der Waals surface area contributed by atoms with Gasteiger partial charge in [-0.05, 0) is 63.8 Å². The van der Waals surface area contributed by atoms with Crippen LogP contribution in [0.4, 0.5) is 24.9 Å². The zero-order valence-electron chi connectivity index (χ0n) is 34.6. The Hall–Kier alpha value is -6.61. The molecule has 9 rings (SSSR count). The monoisotopic (exact) mass is 853 g/mol. The minimum absolute atomic E-state index is 0.0316. The number of hydrazine groups is 1. The predicted molar refractivity (Wildman–Crippen MR) is 224 cm³/mol. The summed E-state index contributed by atoms with van der Waals surface area (Å²) in [5, 5.41) is 10.3. The van der Waals surface area contributed by atoms with E-state index in [9.17, 15) is 9.18 Å². The number of likely N-dealkylation sites (N-methyl/N-ethyl adjacent to an activating group) is 1. The van der Waals surface area contributed by atoms with Crippen LogP contribution in [-0.2, 0) is 16.1 Å². The fourth-order valence-electron chi connectivity index (χ4n) is 9.14. The number of rotatable bonds is 8. The molecule has 0 radical (unpaired) electrons. The van der Waals surface area contributed by atoms with Crippen LogP contribution in [0.15, 0.2) is 53.9 Å². The number of ether oxygens (including phenoxy) is 2. The lowest BCUT2D eigenvalue weighted by molar-refractivity contribution is -0.133. The first kappa shape index (κ1) is 40.8. The molecule has 62 heavy (non-hydrogen) atoms. The van der Waals surface area contributed by atoms with E-state index < -0.39 is 29.6 Å². The zero-order chi connectivity index (χ0) is 43.4. The highest BCUT2D eigenvalue weighted by Gasteiger charge is 2.48. The molecule has 1 amide bonds. The summed E-state index contributed by atoms with van der Waals surface area (Å²) in [6, 6.07) is 6.57. The minimum Gasteiger partial charge on any atom is -0.442 e. The number of anilines is 2. The maximum atomic E-state index is 15.5. The standard InChI is InChI=1S/C41H46F3N15O3/c1-5-34-39(60)54(4)18-28(61-6-2)19-55-22(3)50-33-13-24(43)11-29(36(33)55)32-9-10-47-41(51-32)62-21-56(34)37-30-17-48-58(35-8-7-23(42)12-31(35)44)38(30)53-40(52-37)57-25-14-26(57)16-27(15-25)59(46)49-20-45/h7-13,17,20,25-28,34H,5-6,14-16,18-19,21,46H2,1-4H3,(H2,45,49)/t25-,26+,27?,28-,34-/m0/s1. The summed E-state index contributed by atoms with van der Waals surface area (Å²) in [5.74, 6) is 5.07.